The molecule has 5 nitrogen and oxygen atoms in total. The summed E-state index contributed by atoms with van der Waals surface area (Å²) in [6, 6.07) is 0. The Balaban J connectivity index is 2.75. The molecule has 0 fully saturated rings. The van der Waals surface area contributed by atoms with Gasteiger partial charge in [0.15, 0.2) is 5.78 Å². The molecule has 5 heteroatoms. The third kappa shape index (κ3) is 3.20. The largest absolute Gasteiger partial charge is 0.354 e. The maximum Gasteiger partial charge on any atom is 0.268 e. The third-order valence-electron chi connectivity index (χ3n) is 2.93. The number of aromatic nitrogens is 1. The minimum Gasteiger partial charge on any atom is -0.354 e. The second-order valence-electron chi connectivity index (χ2n) is 4.43. The van der Waals surface area contributed by atoms with E-state index >= 15 is 0 Å². The molecule has 0 spiro atoms. The summed E-state index contributed by atoms with van der Waals surface area (Å²) in [5, 5.41) is 2.82. The average Bonchev–Trinajstić information content (AvgIpc) is 2.60. The first-order chi connectivity index (χ1) is 8.49. The van der Waals surface area contributed by atoms with Gasteiger partial charge in [0.1, 0.15) is 5.69 Å². The van der Waals surface area contributed by atoms with Crippen LogP contribution in [0, 0.1) is 13.8 Å². The zero-order valence-corrected chi connectivity index (χ0v) is 11.2. The number of nitrogens with two attached hydrogens (primary N) is 1. The van der Waals surface area contributed by atoms with E-state index in [1.807, 2.05) is 0 Å². The smallest absolute Gasteiger partial charge is 0.268 e. The molecule has 0 aliphatic rings. The molecule has 0 bridgehead atoms. The topological polar surface area (TPSA) is 88.0 Å². The lowest BCUT2D eigenvalue weighted by molar-refractivity contribution is 0.0947. The maximum atomic E-state index is 11.9. The van der Waals surface area contributed by atoms with E-state index < -0.39 is 0 Å². The van der Waals surface area contributed by atoms with Crippen LogP contribution in [0.4, 0.5) is 0 Å². The highest BCUT2D eigenvalue weighted by Crippen LogP contribution is 2.18. The van der Waals surface area contributed by atoms with E-state index in [1.165, 1.54) is 6.92 Å². The highest BCUT2D eigenvalue weighted by molar-refractivity contribution is 6.02. The first-order valence-corrected chi connectivity index (χ1v) is 6.17. The lowest BCUT2D eigenvalue weighted by Gasteiger charge is -2.04. The summed E-state index contributed by atoms with van der Waals surface area (Å²) in [5.41, 5.74) is 7.93. The second-order valence-corrected chi connectivity index (χ2v) is 4.43. The molecule has 0 aliphatic carbocycles. The third-order valence-corrected chi connectivity index (χ3v) is 2.93. The Morgan fingerprint density at radius 2 is 1.94 bits per heavy atom. The number of carbonyl (C=O) groups is 2. The molecule has 0 saturated carbocycles. The van der Waals surface area contributed by atoms with Gasteiger partial charge in [0.25, 0.3) is 5.91 Å². The van der Waals surface area contributed by atoms with Crippen molar-refractivity contribution in [3.05, 3.63) is 22.5 Å². The average molecular weight is 251 g/mol. The van der Waals surface area contributed by atoms with Crippen LogP contribution in [-0.2, 0) is 0 Å². The number of hydrogen-bond acceptors (Lipinski definition) is 3. The molecule has 0 radical (unpaired) electrons. The predicted octanol–water partition coefficient (Wildman–Crippen LogP) is 1.30. The summed E-state index contributed by atoms with van der Waals surface area (Å²) in [4.78, 5) is 26.4. The number of carbonyl (C=O) groups excluding carboxylic acids is 2. The number of aromatic amines is 1. The normalized spacial score (nSPS) is 10.4. The van der Waals surface area contributed by atoms with Crippen LogP contribution in [0.5, 0.6) is 0 Å². The van der Waals surface area contributed by atoms with Gasteiger partial charge < -0.3 is 16.0 Å². The van der Waals surface area contributed by atoms with E-state index in [9.17, 15) is 9.59 Å². The van der Waals surface area contributed by atoms with Crippen LogP contribution < -0.4 is 11.1 Å². The van der Waals surface area contributed by atoms with E-state index in [4.69, 9.17) is 5.73 Å². The zero-order chi connectivity index (χ0) is 13.7. The molecule has 0 aliphatic heterocycles. The Hall–Kier alpha value is -1.62. The second kappa shape index (κ2) is 6.35. The zero-order valence-electron chi connectivity index (χ0n) is 11.2. The molecule has 1 amide bonds. The standard InChI is InChI=1S/C13H21N3O2/c1-8-11(10(3)17)9(2)16-12(8)13(18)15-7-5-4-6-14/h16H,4-7,14H2,1-3H3,(H,15,18). The van der Waals surface area contributed by atoms with E-state index in [2.05, 4.69) is 10.3 Å². The van der Waals surface area contributed by atoms with Crippen molar-refractivity contribution < 1.29 is 9.59 Å². The Labute approximate surface area is 107 Å². The van der Waals surface area contributed by atoms with Gasteiger partial charge in [0.2, 0.25) is 0 Å². The van der Waals surface area contributed by atoms with Crippen molar-refractivity contribution in [2.75, 3.05) is 13.1 Å². The van der Waals surface area contributed by atoms with Gasteiger partial charge >= 0.3 is 0 Å². The van der Waals surface area contributed by atoms with Crippen molar-refractivity contribution in [1.82, 2.24) is 10.3 Å². The lowest BCUT2D eigenvalue weighted by atomic mass is 10.1. The molecule has 1 aromatic heterocycles. The number of unbranched alkanes of at least 4 members (excludes halogenated alkanes) is 1. The summed E-state index contributed by atoms with van der Waals surface area (Å²) >= 11 is 0. The molecule has 100 valence electrons. The fourth-order valence-electron chi connectivity index (χ4n) is 2.06. The van der Waals surface area contributed by atoms with Gasteiger partial charge in [0, 0.05) is 17.8 Å². The Kier molecular flexibility index (Phi) is 5.09. The van der Waals surface area contributed by atoms with E-state index in [0.29, 0.717) is 24.3 Å². The van der Waals surface area contributed by atoms with Crippen LogP contribution in [0.1, 0.15) is 51.9 Å². The fraction of sp³-hybridized carbons (Fsp3) is 0.538. The first kappa shape index (κ1) is 14.4. The number of H-pyrrole nitrogens is 1. The summed E-state index contributed by atoms with van der Waals surface area (Å²) < 4.78 is 0. The first-order valence-electron chi connectivity index (χ1n) is 6.17. The van der Waals surface area contributed by atoms with Gasteiger partial charge in [-0.1, -0.05) is 0 Å². The number of Topliss-reactive ketones (excluding diaryl/α,β-unsaturated/α-hetero) is 1. The van der Waals surface area contributed by atoms with Crippen molar-refractivity contribution in [1.29, 1.82) is 0 Å². The predicted molar refractivity (Wildman–Crippen MR) is 70.9 cm³/mol. The van der Waals surface area contributed by atoms with Crippen molar-refractivity contribution in [3.8, 4) is 0 Å². The minimum absolute atomic E-state index is 0.0246. The van der Waals surface area contributed by atoms with Gasteiger partial charge in [-0.2, -0.15) is 0 Å². The number of hydrogen-bond donors (Lipinski definition) is 3. The Morgan fingerprint density at radius 1 is 1.28 bits per heavy atom. The molecule has 0 unspecified atom stereocenters. The van der Waals surface area contributed by atoms with E-state index in [-0.39, 0.29) is 11.7 Å². The van der Waals surface area contributed by atoms with E-state index in [0.717, 1.165) is 24.1 Å². The Bertz CT molecular complexity index is 449. The highest BCUT2D eigenvalue weighted by Gasteiger charge is 2.19. The van der Waals surface area contributed by atoms with Crippen molar-refractivity contribution in [2.24, 2.45) is 5.73 Å². The van der Waals surface area contributed by atoms with Crippen LogP contribution >= 0.6 is 0 Å². The molecule has 0 atom stereocenters. The van der Waals surface area contributed by atoms with Gasteiger partial charge in [-0.25, -0.2) is 0 Å². The number of amides is 1. The van der Waals surface area contributed by atoms with Crippen LogP contribution in [0.3, 0.4) is 0 Å². The molecule has 1 aromatic rings. The van der Waals surface area contributed by atoms with Crippen LogP contribution in [0.25, 0.3) is 0 Å². The van der Waals surface area contributed by atoms with Crippen LogP contribution in [-0.4, -0.2) is 29.8 Å². The van der Waals surface area contributed by atoms with Gasteiger partial charge in [-0.15, -0.1) is 0 Å². The minimum atomic E-state index is -0.167. The number of nitrogens with one attached hydrogen (secondary N) is 2. The quantitative estimate of drug-likeness (QED) is 0.526. The van der Waals surface area contributed by atoms with E-state index in [1.54, 1.807) is 13.8 Å². The van der Waals surface area contributed by atoms with Gasteiger partial charge in [-0.3, -0.25) is 9.59 Å². The number of rotatable bonds is 6. The summed E-state index contributed by atoms with van der Waals surface area (Å²) in [6.45, 7) is 6.32. The molecule has 18 heavy (non-hydrogen) atoms. The molecule has 1 heterocycles. The van der Waals surface area contributed by atoms with Crippen LogP contribution in [0.15, 0.2) is 0 Å². The summed E-state index contributed by atoms with van der Waals surface area (Å²) in [6.07, 6.45) is 1.75. The number of aryl methyl sites for hydroxylation is 1. The van der Waals surface area contributed by atoms with Gasteiger partial charge in [-0.05, 0) is 45.7 Å². The lowest BCUT2D eigenvalue weighted by Crippen LogP contribution is -2.26. The molecular weight excluding hydrogens is 230 g/mol. The summed E-state index contributed by atoms with van der Waals surface area (Å²) in [5.74, 6) is -0.191. The molecular formula is C13H21N3O2. The maximum absolute atomic E-state index is 11.9. The molecule has 4 N–H and O–H groups in total. The Morgan fingerprint density at radius 3 is 2.44 bits per heavy atom. The van der Waals surface area contributed by atoms with Crippen molar-refractivity contribution in [3.63, 3.8) is 0 Å². The van der Waals surface area contributed by atoms with Gasteiger partial charge in [0.05, 0.1) is 0 Å². The highest BCUT2D eigenvalue weighted by atomic mass is 16.2. The number of ketones is 1. The SMILES string of the molecule is CC(=O)c1c(C)[nH]c(C(=O)NCCCCN)c1C. The summed E-state index contributed by atoms with van der Waals surface area (Å²) in [7, 11) is 0. The molecule has 0 saturated heterocycles. The fourth-order valence-corrected chi connectivity index (χ4v) is 2.06. The van der Waals surface area contributed by atoms with Crippen molar-refractivity contribution >= 4 is 11.7 Å². The van der Waals surface area contributed by atoms with Crippen molar-refractivity contribution in [2.45, 2.75) is 33.6 Å². The molecule has 1 rings (SSSR count). The monoisotopic (exact) mass is 251 g/mol. The molecule has 0 aromatic carbocycles. The van der Waals surface area contributed by atoms with Crippen LogP contribution in [0.2, 0.25) is 0 Å².